The summed E-state index contributed by atoms with van der Waals surface area (Å²) in [7, 11) is -3.64. The number of anilines is 2. The standard InChI is InChI=1S/C17H22ClN3O4S/c1-4-19-13-8-7-12(26(23,24)21(5-2)6-3)11-14(13)20-17(22)15-9-10-16(18)25-15/h7-11,19H,4-6H2,1-3H3,(H,20,22). The van der Waals surface area contributed by atoms with Crippen molar-refractivity contribution in [3.8, 4) is 0 Å². The largest absolute Gasteiger partial charge is 0.440 e. The Morgan fingerprint density at radius 2 is 1.81 bits per heavy atom. The summed E-state index contributed by atoms with van der Waals surface area (Å²) in [6, 6.07) is 7.49. The molecule has 26 heavy (non-hydrogen) atoms. The van der Waals surface area contributed by atoms with Crippen molar-refractivity contribution in [3.05, 3.63) is 41.3 Å². The molecule has 7 nitrogen and oxygen atoms in total. The molecule has 1 aromatic heterocycles. The lowest BCUT2D eigenvalue weighted by atomic mass is 10.2. The first-order valence-electron chi connectivity index (χ1n) is 8.28. The summed E-state index contributed by atoms with van der Waals surface area (Å²) in [5.41, 5.74) is 0.953. The van der Waals surface area contributed by atoms with Gasteiger partial charge in [0.1, 0.15) is 0 Å². The maximum absolute atomic E-state index is 12.7. The van der Waals surface area contributed by atoms with Crippen molar-refractivity contribution < 1.29 is 17.6 Å². The summed E-state index contributed by atoms with van der Waals surface area (Å²) in [6.45, 7) is 6.78. The average molecular weight is 400 g/mol. The van der Waals surface area contributed by atoms with Crippen molar-refractivity contribution in [2.24, 2.45) is 0 Å². The van der Waals surface area contributed by atoms with Gasteiger partial charge in [0.2, 0.25) is 10.0 Å². The Hall–Kier alpha value is -2.03. The van der Waals surface area contributed by atoms with Gasteiger partial charge in [-0.15, -0.1) is 0 Å². The third-order valence-corrected chi connectivity index (χ3v) is 6.00. The molecule has 2 rings (SSSR count). The second kappa shape index (κ2) is 8.57. The molecule has 0 aliphatic rings. The molecule has 0 radical (unpaired) electrons. The molecule has 1 aromatic carbocycles. The molecule has 0 aliphatic heterocycles. The van der Waals surface area contributed by atoms with Crippen molar-refractivity contribution in [1.29, 1.82) is 0 Å². The van der Waals surface area contributed by atoms with E-state index in [0.29, 0.717) is 31.0 Å². The minimum absolute atomic E-state index is 0.0365. The van der Waals surface area contributed by atoms with Crippen molar-refractivity contribution >= 4 is 38.9 Å². The Morgan fingerprint density at radius 3 is 2.35 bits per heavy atom. The number of sulfonamides is 1. The van der Waals surface area contributed by atoms with Crippen LogP contribution in [0.2, 0.25) is 5.22 Å². The van der Waals surface area contributed by atoms with E-state index in [1.54, 1.807) is 19.9 Å². The van der Waals surface area contributed by atoms with Crippen molar-refractivity contribution in [2.75, 3.05) is 30.3 Å². The van der Waals surface area contributed by atoms with Gasteiger partial charge in [-0.2, -0.15) is 4.31 Å². The number of nitrogens with zero attached hydrogens (tertiary/aromatic N) is 1. The highest BCUT2D eigenvalue weighted by Crippen LogP contribution is 2.28. The fourth-order valence-corrected chi connectivity index (χ4v) is 4.10. The molecule has 1 heterocycles. The number of halogens is 1. The minimum atomic E-state index is -3.64. The molecule has 2 N–H and O–H groups in total. The molecule has 0 atom stereocenters. The van der Waals surface area contributed by atoms with Crippen LogP contribution in [0, 0.1) is 0 Å². The summed E-state index contributed by atoms with van der Waals surface area (Å²) < 4.78 is 31.9. The first-order valence-corrected chi connectivity index (χ1v) is 10.1. The Labute approximate surface area is 158 Å². The van der Waals surface area contributed by atoms with Gasteiger partial charge < -0.3 is 15.1 Å². The average Bonchev–Trinajstić information content (AvgIpc) is 3.04. The first-order chi connectivity index (χ1) is 12.3. The molecule has 142 valence electrons. The molecule has 0 saturated heterocycles. The van der Waals surface area contributed by atoms with Crippen LogP contribution in [0.1, 0.15) is 31.3 Å². The van der Waals surface area contributed by atoms with Gasteiger partial charge in [-0.3, -0.25) is 4.79 Å². The third-order valence-electron chi connectivity index (χ3n) is 3.75. The Kier molecular flexibility index (Phi) is 6.69. The van der Waals surface area contributed by atoms with E-state index in [2.05, 4.69) is 10.6 Å². The maximum atomic E-state index is 12.7. The van der Waals surface area contributed by atoms with Crippen LogP contribution in [0.5, 0.6) is 0 Å². The number of hydrogen-bond donors (Lipinski definition) is 2. The van der Waals surface area contributed by atoms with Gasteiger partial charge in [0, 0.05) is 19.6 Å². The van der Waals surface area contributed by atoms with Crippen LogP contribution in [0.15, 0.2) is 39.6 Å². The van der Waals surface area contributed by atoms with Gasteiger partial charge in [-0.1, -0.05) is 13.8 Å². The highest BCUT2D eigenvalue weighted by molar-refractivity contribution is 7.89. The lowest BCUT2D eigenvalue weighted by molar-refractivity contribution is 0.0996. The molecule has 0 unspecified atom stereocenters. The van der Waals surface area contributed by atoms with Crippen LogP contribution in [0.4, 0.5) is 11.4 Å². The molecule has 1 amide bonds. The zero-order valence-electron chi connectivity index (χ0n) is 14.9. The smallest absolute Gasteiger partial charge is 0.291 e. The van der Waals surface area contributed by atoms with E-state index < -0.39 is 15.9 Å². The normalized spacial score (nSPS) is 11.6. The highest BCUT2D eigenvalue weighted by Gasteiger charge is 2.23. The number of carbonyl (C=O) groups is 1. The molecule has 0 aliphatic carbocycles. The van der Waals surface area contributed by atoms with Gasteiger partial charge in [0.15, 0.2) is 11.0 Å². The second-order valence-corrected chi connectivity index (χ2v) is 7.70. The highest BCUT2D eigenvalue weighted by atomic mass is 35.5. The number of carbonyl (C=O) groups excluding carboxylic acids is 1. The summed E-state index contributed by atoms with van der Waals surface area (Å²) >= 11 is 5.70. The topological polar surface area (TPSA) is 91.7 Å². The molecule has 0 saturated carbocycles. The lowest BCUT2D eigenvalue weighted by Crippen LogP contribution is -2.30. The summed E-state index contributed by atoms with van der Waals surface area (Å²) in [4.78, 5) is 12.4. The first kappa shape index (κ1) is 20.3. The van der Waals surface area contributed by atoms with E-state index in [-0.39, 0.29) is 15.9 Å². The van der Waals surface area contributed by atoms with Gasteiger partial charge in [0.25, 0.3) is 5.91 Å². The van der Waals surface area contributed by atoms with Gasteiger partial charge in [-0.05, 0) is 48.9 Å². The fraction of sp³-hybridized carbons (Fsp3) is 0.353. The minimum Gasteiger partial charge on any atom is -0.440 e. The van der Waals surface area contributed by atoms with E-state index in [4.69, 9.17) is 16.0 Å². The number of furan rings is 1. The number of amides is 1. The molecule has 2 aromatic rings. The van der Waals surface area contributed by atoms with Crippen molar-refractivity contribution in [2.45, 2.75) is 25.7 Å². The molecular weight excluding hydrogens is 378 g/mol. The predicted molar refractivity (Wildman–Crippen MR) is 102 cm³/mol. The summed E-state index contributed by atoms with van der Waals surface area (Å²) in [6.07, 6.45) is 0. The van der Waals surface area contributed by atoms with E-state index in [0.717, 1.165) is 0 Å². The summed E-state index contributed by atoms with van der Waals surface area (Å²) in [5, 5.41) is 5.87. The van der Waals surface area contributed by atoms with Gasteiger partial charge in [0.05, 0.1) is 16.3 Å². The van der Waals surface area contributed by atoms with Crippen LogP contribution in [0.25, 0.3) is 0 Å². The maximum Gasteiger partial charge on any atom is 0.291 e. The van der Waals surface area contributed by atoms with Crippen LogP contribution in [0.3, 0.4) is 0 Å². The zero-order valence-corrected chi connectivity index (χ0v) is 16.4. The number of benzene rings is 1. The number of rotatable bonds is 8. The van der Waals surface area contributed by atoms with Gasteiger partial charge >= 0.3 is 0 Å². The van der Waals surface area contributed by atoms with Crippen molar-refractivity contribution in [3.63, 3.8) is 0 Å². The summed E-state index contributed by atoms with van der Waals surface area (Å²) in [5.74, 6) is -0.483. The van der Waals surface area contributed by atoms with Crippen molar-refractivity contribution in [1.82, 2.24) is 4.31 Å². The Bertz CT molecular complexity index is 876. The number of hydrogen-bond acceptors (Lipinski definition) is 5. The van der Waals surface area contributed by atoms with E-state index in [9.17, 15) is 13.2 Å². The van der Waals surface area contributed by atoms with Crippen LogP contribution in [-0.4, -0.2) is 38.3 Å². The zero-order chi connectivity index (χ0) is 19.3. The molecule has 0 fully saturated rings. The van der Waals surface area contributed by atoms with Crippen LogP contribution in [-0.2, 0) is 10.0 Å². The molecular formula is C17H22ClN3O4S. The third kappa shape index (κ3) is 4.38. The molecule has 0 bridgehead atoms. The van der Waals surface area contributed by atoms with Gasteiger partial charge in [-0.25, -0.2) is 8.42 Å². The van der Waals surface area contributed by atoms with Crippen LogP contribution >= 0.6 is 11.6 Å². The quantitative estimate of drug-likeness (QED) is 0.706. The van der Waals surface area contributed by atoms with E-state index in [1.165, 1.54) is 28.6 Å². The monoisotopic (exact) mass is 399 g/mol. The SMILES string of the molecule is CCNc1ccc(S(=O)(=O)N(CC)CC)cc1NC(=O)c1ccc(Cl)o1. The Morgan fingerprint density at radius 1 is 1.12 bits per heavy atom. The molecule has 9 heteroatoms. The molecule has 0 spiro atoms. The fourth-order valence-electron chi connectivity index (χ4n) is 2.46. The second-order valence-electron chi connectivity index (χ2n) is 5.38. The van der Waals surface area contributed by atoms with Crippen LogP contribution < -0.4 is 10.6 Å². The number of nitrogens with one attached hydrogen (secondary N) is 2. The predicted octanol–water partition coefficient (Wildman–Crippen LogP) is 3.65. The van der Waals surface area contributed by atoms with E-state index in [1.807, 2.05) is 6.92 Å². The van der Waals surface area contributed by atoms with E-state index >= 15 is 0 Å². The Balaban J connectivity index is 2.41. The lowest BCUT2D eigenvalue weighted by Gasteiger charge is -2.20.